The summed E-state index contributed by atoms with van der Waals surface area (Å²) in [7, 11) is 0. The topological polar surface area (TPSA) is 49.4 Å². The molecule has 0 bridgehead atoms. The number of amides is 2. The summed E-state index contributed by atoms with van der Waals surface area (Å²) in [4.78, 5) is 27.5. The zero-order valence-electron chi connectivity index (χ0n) is 18.6. The number of hydrogen-bond acceptors (Lipinski definition) is 3. The third kappa shape index (κ3) is 7.86. The Morgan fingerprint density at radius 3 is 2.33 bits per heavy atom. The lowest BCUT2D eigenvalue weighted by Gasteiger charge is -2.29. The molecular weight excluding hydrogens is 392 g/mol. The largest absolute Gasteiger partial charge is 0.354 e. The van der Waals surface area contributed by atoms with Crippen LogP contribution in [0.15, 0.2) is 54.6 Å². The second kappa shape index (κ2) is 12.4. The first-order valence-electron chi connectivity index (χ1n) is 10.6. The lowest BCUT2D eigenvalue weighted by molar-refractivity contribution is -0.140. The van der Waals surface area contributed by atoms with Gasteiger partial charge in [-0.3, -0.25) is 9.59 Å². The van der Waals surface area contributed by atoms with Gasteiger partial charge in [-0.2, -0.15) is 11.8 Å². The summed E-state index contributed by atoms with van der Waals surface area (Å²) in [6, 6.07) is 17.8. The Labute approximate surface area is 185 Å². The van der Waals surface area contributed by atoms with Crippen LogP contribution in [0.3, 0.4) is 0 Å². The number of hydrogen-bond donors (Lipinski definition) is 1. The van der Waals surface area contributed by atoms with Crippen LogP contribution in [0.2, 0.25) is 0 Å². The van der Waals surface area contributed by atoms with Gasteiger partial charge >= 0.3 is 0 Å². The predicted octanol–water partition coefficient (Wildman–Crippen LogP) is 4.81. The van der Waals surface area contributed by atoms with Crippen LogP contribution < -0.4 is 5.32 Å². The molecule has 0 aliphatic carbocycles. The first kappa shape index (κ1) is 24.0. The standard InChI is InChI=1S/C25H34N2O2S/c1-19(2)16-26-25(29)21(4)27(17-23-13-9-8-10-20(23)3)24(28)14-15-30-18-22-11-6-5-7-12-22/h5-13,19,21H,14-18H2,1-4H3,(H,26,29)/t21-/m0/s1. The van der Waals surface area contributed by atoms with Gasteiger partial charge in [-0.25, -0.2) is 0 Å². The van der Waals surface area contributed by atoms with Crippen LogP contribution in [0.1, 0.15) is 43.9 Å². The van der Waals surface area contributed by atoms with E-state index in [1.165, 1.54) is 5.56 Å². The summed E-state index contributed by atoms with van der Waals surface area (Å²) in [5.41, 5.74) is 3.46. The highest BCUT2D eigenvalue weighted by atomic mass is 32.2. The van der Waals surface area contributed by atoms with Crippen LogP contribution in [0.4, 0.5) is 0 Å². The average Bonchev–Trinajstić information content (AvgIpc) is 2.74. The lowest BCUT2D eigenvalue weighted by Crippen LogP contribution is -2.48. The monoisotopic (exact) mass is 426 g/mol. The maximum atomic E-state index is 13.1. The molecule has 0 saturated carbocycles. The molecule has 0 aliphatic heterocycles. The summed E-state index contributed by atoms with van der Waals surface area (Å²) in [6.07, 6.45) is 0.422. The highest BCUT2D eigenvalue weighted by Crippen LogP contribution is 2.17. The minimum atomic E-state index is -0.505. The van der Waals surface area contributed by atoms with E-state index in [0.29, 0.717) is 25.4 Å². The van der Waals surface area contributed by atoms with Crippen molar-refractivity contribution in [1.29, 1.82) is 0 Å². The van der Waals surface area contributed by atoms with Crippen molar-refractivity contribution in [3.8, 4) is 0 Å². The summed E-state index contributed by atoms with van der Waals surface area (Å²) < 4.78 is 0. The molecule has 5 heteroatoms. The van der Waals surface area contributed by atoms with E-state index in [1.807, 2.05) is 56.3 Å². The predicted molar refractivity (Wildman–Crippen MR) is 126 cm³/mol. The fourth-order valence-electron chi connectivity index (χ4n) is 3.07. The van der Waals surface area contributed by atoms with Gasteiger partial charge in [0.1, 0.15) is 6.04 Å². The smallest absolute Gasteiger partial charge is 0.242 e. The molecule has 0 aliphatic rings. The van der Waals surface area contributed by atoms with Crippen LogP contribution in [0.25, 0.3) is 0 Å². The Bertz CT molecular complexity index is 808. The summed E-state index contributed by atoms with van der Waals surface area (Å²) in [5.74, 6) is 1.92. The minimum absolute atomic E-state index is 0.0195. The number of benzene rings is 2. The highest BCUT2D eigenvalue weighted by molar-refractivity contribution is 7.98. The molecule has 0 unspecified atom stereocenters. The van der Waals surface area contributed by atoms with Crippen molar-refractivity contribution in [2.75, 3.05) is 12.3 Å². The van der Waals surface area contributed by atoms with Gasteiger partial charge in [0, 0.05) is 31.0 Å². The number of carbonyl (C=O) groups excluding carboxylic acids is 2. The maximum Gasteiger partial charge on any atom is 0.242 e. The summed E-state index contributed by atoms with van der Waals surface area (Å²) in [6.45, 7) is 9.05. The molecule has 0 radical (unpaired) electrons. The molecule has 2 aromatic carbocycles. The number of carbonyl (C=O) groups is 2. The molecule has 0 saturated heterocycles. The van der Waals surface area contributed by atoms with Crippen molar-refractivity contribution < 1.29 is 9.59 Å². The van der Waals surface area contributed by atoms with E-state index in [9.17, 15) is 9.59 Å². The SMILES string of the molecule is Cc1ccccc1CN(C(=O)CCSCc1ccccc1)[C@@H](C)C(=O)NCC(C)C. The van der Waals surface area contributed by atoms with E-state index in [1.54, 1.807) is 16.7 Å². The molecule has 30 heavy (non-hydrogen) atoms. The van der Waals surface area contributed by atoms with E-state index < -0.39 is 6.04 Å². The summed E-state index contributed by atoms with van der Waals surface area (Å²) in [5, 5.41) is 2.97. The van der Waals surface area contributed by atoms with Gasteiger partial charge in [0.25, 0.3) is 0 Å². The van der Waals surface area contributed by atoms with Gasteiger partial charge in [-0.05, 0) is 36.5 Å². The quantitative estimate of drug-likeness (QED) is 0.525. The van der Waals surface area contributed by atoms with Gasteiger partial charge in [-0.1, -0.05) is 68.4 Å². The number of rotatable bonds is 11. The Balaban J connectivity index is 2.00. The number of nitrogens with zero attached hydrogens (tertiary/aromatic N) is 1. The van der Waals surface area contributed by atoms with Crippen LogP contribution in [-0.4, -0.2) is 35.1 Å². The summed E-state index contributed by atoms with van der Waals surface area (Å²) >= 11 is 1.75. The van der Waals surface area contributed by atoms with E-state index in [4.69, 9.17) is 0 Å². The average molecular weight is 427 g/mol. The Kier molecular flexibility index (Phi) is 9.95. The molecule has 162 valence electrons. The van der Waals surface area contributed by atoms with Gasteiger partial charge < -0.3 is 10.2 Å². The maximum absolute atomic E-state index is 13.1. The normalized spacial score (nSPS) is 11.9. The van der Waals surface area contributed by atoms with E-state index >= 15 is 0 Å². The molecule has 0 heterocycles. The Morgan fingerprint density at radius 2 is 1.67 bits per heavy atom. The lowest BCUT2D eigenvalue weighted by atomic mass is 10.1. The molecule has 2 aromatic rings. The fraction of sp³-hybridized carbons (Fsp3) is 0.440. The van der Waals surface area contributed by atoms with E-state index in [-0.39, 0.29) is 11.8 Å². The first-order chi connectivity index (χ1) is 14.4. The molecule has 0 aromatic heterocycles. The molecule has 2 amide bonds. The Morgan fingerprint density at radius 1 is 1.00 bits per heavy atom. The third-order valence-electron chi connectivity index (χ3n) is 5.03. The third-order valence-corrected chi connectivity index (χ3v) is 6.06. The number of aryl methyl sites for hydroxylation is 1. The van der Waals surface area contributed by atoms with Gasteiger partial charge in [0.2, 0.25) is 11.8 Å². The zero-order valence-corrected chi connectivity index (χ0v) is 19.4. The first-order valence-corrected chi connectivity index (χ1v) is 11.8. The van der Waals surface area contributed by atoms with Crippen LogP contribution in [0.5, 0.6) is 0 Å². The van der Waals surface area contributed by atoms with Crippen molar-refractivity contribution in [2.45, 2.75) is 52.5 Å². The van der Waals surface area contributed by atoms with Crippen molar-refractivity contribution in [2.24, 2.45) is 5.92 Å². The second-order valence-electron chi connectivity index (χ2n) is 8.05. The van der Waals surface area contributed by atoms with Crippen LogP contribution >= 0.6 is 11.8 Å². The molecule has 0 fully saturated rings. The second-order valence-corrected chi connectivity index (χ2v) is 9.16. The van der Waals surface area contributed by atoms with Crippen molar-refractivity contribution in [3.05, 3.63) is 71.3 Å². The molecule has 0 spiro atoms. The minimum Gasteiger partial charge on any atom is -0.354 e. The van der Waals surface area contributed by atoms with Crippen molar-refractivity contribution in [3.63, 3.8) is 0 Å². The van der Waals surface area contributed by atoms with Crippen molar-refractivity contribution in [1.82, 2.24) is 10.2 Å². The van der Waals surface area contributed by atoms with E-state index in [0.717, 1.165) is 22.6 Å². The van der Waals surface area contributed by atoms with E-state index in [2.05, 4.69) is 31.3 Å². The molecule has 1 N–H and O–H groups in total. The van der Waals surface area contributed by atoms with Crippen molar-refractivity contribution >= 4 is 23.6 Å². The van der Waals surface area contributed by atoms with Gasteiger partial charge in [0.15, 0.2) is 0 Å². The highest BCUT2D eigenvalue weighted by Gasteiger charge is 2.26. The van der Waals surface area contributed by atoms with Gasteiger partial charge in [-0.15, -0.1) is 0 Å². The van der Waals surface area contributed by atoms with Gasteiger partial charge in [0.05, 0.1) is 0 Å². The van der Waals surface area contributed by atoms with Crippen LogP contribution in [0, 0.1) is 12.8 Å². The molecule has 1 atom stereocenters. The molecular formula is C25H34N2O2S. The molecule has 2 rings (SSSR count). The molecule has 4 nitrogen and oxygen atoms in total. The van der Waals surface area contributed by atoms with Crippen LogP contribution in [-0.2, 0) is 21.9 Å². The Hall–Kier alpha value is -2.27. The fourth-order valence-corrected chi connectivity index (χ4v) is 3.96. The number of nitrogens with one attached hydrogen (secondary N) is 1. The zero-order chi connectivity index (χ0) is 21.9. The number of thioether (sulfide) groups is 1.